The third kappa shape index (κ3) is 5.76. The minimum atomic E-state index is 0.0950. The molecule has 4 aromatic rings. The van der Waals surface area contributed by atoms with Crippen LogP contribution in [0.15, 0.2) is 61.3 Å². The third-order valence-electron chi connectivity index (χ3n) is 6.50. The standard InChI is InChI=1S/C29H29ClN6O/c1-3-4-15-37-26-12-5-20(2)16-24(26)29-34-28-25(18-32-27(17-31)33-28)36(29)35(14-13-21-6-7-21)19-22-8-10-23(30)11-9-22/h3,5,8-12,16,18,21H,1,4,6-7,13-15,19H2,2H3. The first-order valence-electron chi connectivity index (χ1n) is 12.6. The van der Waals surface area contributed by atoms with Crippen LogP contribution in [0.1, 0.15) is 42.6 Å². The number of fused-ring (bicyclic) bond motifs is 1. The van der Waals surface area contributed by atoms with E-state index in [0.29, 0.717) is 29.6 Å². The molecule has 1 aliphatic rings. The van der Waals surface area contributed by atoms with Gasteiger partial charge in [-0.15, -0.1) is 6.58 Å². The molecule has 0 unspecified atom stereocenters. The van der Waals surface area contributed by atoms with Gasteiger partial charge in [0.15, 0.2) is 11.5 Å². The van der Waals surface area contributed by atoms with E-state index in [1.807, 2.05) is 48.5 Å². The normalized spacial score (nSPS) is 12.9. The molecule has 8 heteroatoms. The van der Waals surface area contributed by atoms with E-state index in [9.17, 15) is 5.26 Å². The second kappa shape index (κ2) is 11.0. The summed E-state index contributed by atoms with van der Waals surface area (Å²) in [5.74, 6) is 2.30. The van der Waals surface area contributed by atoms with Crippen molar-refractivity contribution in [1.29, 1.82) is 5.26 Å². The third-order valence-corrected chi connectivity index (χ3v) is 6.75. The van der Waals surface area contributed by atoms with Crippen molar-refractivity contribution in [3.8, 4) is 23.2 Å². The minimum Gasteiger partial charge on any atom is -0.493 e. The van der Waals surface area contributed by atoms with E-state index in [1.54, 1.807) is 6.20 Å². The Morgan fingerprint density at radius 3 is 2.76 bits per heavy atom. The lowest BCUT2D eigenvalue weighted by atomic mass is 10.1. The van der Waals surface area contributed by atoms with Gasteiger partial charge >= 0.3 is 0 Å². The van der Waals surface area contributed by atoms with Crippen LogP contribution in [0, 0.1) is 24.2 Å². The van der Waals surface area contributed by atoms with Gasteiger partial charge in [0, 0.05) is 11.6 Å². The highest BCUT2D eigenvalue weighted by Gasteiger charge is 2.26. The molecule has 188 valence electrons. The number of hydrogen-bond donors (Lipinski definition) is 0. The Morgan fingerprint density at radius 1 is 1.22 bits per heavy atom. The molecule has 0 saturated heterocycles. The smallest absolute Gasteiger partial charge is 0.234 e. The number of aromatic nitrogens is 4. The van der Waals surface area contributed by atoms with Gasteiger partial charge in [-0.3, -0.25) is 0 Å². The number of nitriles is 1. The summed E-state index contributed by atoms with van der Waals surface area (Å²) in [5, 5.41) is 12.4. The maximum Gasteiger partial charge on any atom is 0.234 e. The van der Waals surface area contributed by atoms with Crippen LogP contribution in [0.3, 0.4) is 0 Å². The lowest BCUT2D eigenvalue weighted by molar-refractivity contribution is 0.326. The van der Waals surface area contributed by atoms with Gasteiger partial charge in [0.05, 0.1) is 24.9 Å². The summed E-state index contributed by atoms with van der Waals surface area (Å²) in [6.07, 6.45) is 7.91. The van der Waals surface area contributed by atoms with Crippen LogP contribution >= 0.6 is 11.6 Å². The van der Waals surface area contributed by atoms with E-state index in [1.165, 1.54) is 12.8 Å². The molecule has 2 aromatic heterocycles. The van der Waals surface area contributed by atoms with Crippen molar-refractivity contribution in [2.24, 2.45) is 5.92 Å². The maximum absolute atomic E-state index is 9.41. The van der Waals surface area contributed by atoms with Gasteiger partial charge in [-0.25, -0.2) is 14.6 Å². The molecule has 0 amide bonds. The predicted molar refractivity (Wildman–Crippen MR) is 146 cm³/mol. The minimum absolute atomic E-state index is 0.0950. The van der Waals surface area contributed by atoms with Crippen molar-refractivity contribution in [2.75, 3.05) is 18.2 Å². The van der Waals surface area contributed by atoms with Crippen LogP contribution in [0.4, 0.5) is 0 Å². The molecule has 0 atom stereocenters. The van der Waals surface area contributed by atoms with Crippen LogP contribution in [0.5, 0.6) is 5.75 Å². The van der Waals surface area contributed by atoms with Gasteiger partial charge in [-0.1, -0.05) is 54.3 Å². The number of rotatable bonds is 11. The summed E-state index contributed by atoms with van der Waals surface area (Å²) >= 11 is 6.16. The zero-order valence-electron chi connectivity index (χ0n) is 20.9. The molecule has 2 heterocycles. The van der Waals surface area contributed by atoms with E-state index in [0.717, 1.165) is 53.3 Å². The van der Waals surface area contributed by atoms with Crippen LogP contribution in [0.25, 0.3) is 22.6 Å². The van der Waals surface area contributed by atoms with Crippen molar-refractivity contribution in [3.05, 3.63) is 83.3 Å². The number of hydrogen-bond acceptors (Lipinski definition) is 6. The number of halogens is 1. The van der Waals surface area contributed by atoms with Crippen molar-refractivity contribution >= 4 is 22.8 Å². The summed E-state index contributed by atoms with van der Waals surface area (Å²) in [5.41, 5.74) is 4.32. The number of aryl methyl sites for hydroxylation is 1. The quantitative estimate of drug-likeness (QED) is 0.175. The molecular weight excluding hydrogens is 484 g/mol. The van der Waals surface area contributed by atoms with Gasteiger partial charge in [0.1, 0.15) is 17.3 Å². The first kappa shape index (κ1) is 24.8. The second-order valence-electron chi connectivity index (χ2n) is 9.43. The van der Waals surface area contributed by atoms with Crippen molar-refractivity contribution in [2.45, 2.75) is 39.2 Å². The number of nitrogens with zero attached hydrogens (tertiary/aromatic N) is 6. The van der Waals surface area contributed by atoms with Crippen molar-refractivity contribution < 1.29 is 4.74 Å². The average Bonchev–Trinajstić information content (AvgIpc) is 3.66. The number of benzene rings is 2. The summed E-state index contributed by atoms with van der Waals surface area (Å²) in [6.45, 7) is 7.87. The lowest BCUT2D eigenvalue weighted by Crippen LogP contribution is -2.36. The monoisotopic (exact) mass is 512 g/mol. The van der Waals surface area contributed by atoms with Gasteiger partial charge in [-0.2, -0.15) is 10.2 Å². The van der Waals surface area contributed by atoms with Crippen LogP contribution in [0.2, 0.25) is 5.02 Å². The van der Waals surface area contributed by atoms with E-state index in [2.05, 4.69) is 39.2 Å². The molecule has 0 N–H and O–H groups in total. The molecule has 7 nitrogen and oxygen atoms in total. The molecule has 2 aromatic carbocycles. The van der Waals surface area contributed by atoms with E-state index < -0.39 is 0 Å². The largest absolute Gasteiger partial charge is 0.493 e. The molecule has 37 heavy (non-hydrogen) atoms. The molecule has 1 aliphatic carbocycles. The molecule has 0 radical (unpaired) electrons. The Balaban J connectivity index is 1.66. The second-order valence-corrected chi connectivity index (χ2v) is 9.87. The molecular formula is C29H29ClN6O. The van der Waals surface area contributed by atoms with Gasteiger partial charge in [-0.05, 0) is 55.5 Å². The topological polar surface area (TPSA) is 79.9 Å². The Kier molecular flexibility index (Phi) is 7.38. The fourth-order valence-corrected chi connectivity index (χ4v) is 4.49. The molecule has 0 bridgehead atoms. The highest BCUT2D eigenvalue weighted by atomic mass is 35.5. The zero-order valence-corrected chi connectivity index (χ0v) is 21.7. The first-order chi connectivity index (χ1) is 18.1. The first-order valence-corrected chi connectivity index (χ1v) is 12.9. The maximum atomic E-state index is 9.41. The average molecular weight is 513 g/mol. The van der Waals surface area contributed by atoms with Crippen LogP contribution in [-0.2, 0) is 6.54 Å². The van der Waals surface area contributed by atoms with Gasteiger partial charge in [0.2, 0.25) is 5.82 Å². The molecule has 1 fully saturated rings. The fraction of sp³-hybridized carbons (Fsp3) is 0.310. The Morgan fingerprint density at radius 2 is 2.03 bits per heavy atom. The Labute approximate surface area is 222 Å². The highest BCUT2D eigenvalue weighted by molar-refractivity contribution is 6.30. The summed E-state index contributed by atoms with van der Waals surface area (Å²) in [4.78, 5) is 13.7. The van der Waals surface area contributed by atoms with Gasteiger partial charge in [0.25, 0.3) is 0 Å². The van der Waals surface area contributed by atoms with Crippen molar-refractivity contribution in [3.63, 3.8) is 0 Å². The molecule has 5 rings (SSSR count). The number of imidazole rings is 1. The molecule has 0 spiro atoms. The summed E-state index contributed by atoms with van der Waals surface area (Å²) in [6, 6.07) is 16.1. The SMILES string of the molecule is C=CCCOc1ccc(C)cc1-c1nc2nc(C#N)ncc2n1N(CCC1CC1)Cc1ccc(Cl)cc1. The van der Waals surface area contributed by atoms with Crippen LogP contribution < -0.4 is 9.75 Å². The number of ether oxygens (including phenoxy) is 1. The van der Waals surface area contributed by atoms with Crippen LogP contribution in [-0.4, -0.2) is 32.8 Å². The highest BCUT2D eigenvalue weighted by Crippen LogP contribution is 2.35. The fourth-order valence-electron chi connectivity index (χ4n) is 4.36. The lowest BCUT2D eigenvalue weighted by Gasteiger charge is -2.29. The zero-order chi connectivity index (χ0) is 25.8. The summed E-state index contributed by atoms with van der Waals surface area (Å²) in [7, 11) is 0. The Hall–Kier alpha value is -3.89. The van der Waals surface area contributed by atoms with E-state index in [-0.39, 0.29) is 5.82 Å². The molecule has 1 saturated carbocycles. The molecule has 0 aliphatic heterocycles. The predicted octanol–water partition coefficient (Wildman–Crippen LogP) is 6.22. The van der Waals surface area contributed by atoms with E-state index >= 15 is 0 Å². The van der Waals surface area contributed by atoms with Crippen molar-refractivity contribution in [1.82, 2.24) is 19.6 Å². The Bertz CT molecular complexity index is 1450. The van der Waals surface area contributed by atoms with E-state index in [4.69, 9.17) is 21.3 Å². The summed E-state index contributed by atoms with van der Waals surface area (Å²) < 4.78 is 8.26. The van der Waals surface area contributed by atoms with Gasteiger partial charge < -0.3 is 9.75 Å².